The number of ether oxygens (including phenoxy) is 1. The minimum absolute atomic E-state index is 0.163. The van der Waals surface area contributed by atoms with Crippen LogP contribution in [-0.2, 0) is 19.6 Å². The number of thioether (sulfide) groups is 1. The monoisotopic (exact) mass is 440 g/mol. The Hall–Kier alpha value is -1.58. The van der Waals surface area contributed by atoms with Crippen LogP contribution in [0.15, 0.2) is 58.3 Å². The average molecular weight is 441 g/mol. The Bertz CT molecular complexity index is 912. The van der Waals surface area contributed by atoms with Crippen LogP contribution in [0, 0.1) is 0 Å². The first kappa shape index (κ1) is 21.1. The lowest BCUT2D eigenvalue weighted by Crippen LogP contribution is -2.40. The Kier molecular flexibility index (Phi) is 7.00. The van der Waals surface area contributed by atoms with Crippen LogP contribution in [0.2, 0.25) is 5.02 Å². The summed E-state index contributed by atoms with van der Waals surface area (Å²) in [6.45, 7) is 3.31. The molecular formula is C19H21ClN2O4S2. The molecule has 1 saturated heterocycles. The van der Waals surface area contributed by atoms with Crippen molar-refractivity contribution in [2.24, 2.45) is 0 Å². The van der Waals surface area contributed by atoms with Gasteiger partial charge >= 0.3 is 0 Å². The van der Waals surface area contributed by atoms with Gasteiger partial charge in [-0.2, -0.15) is 4.31 Å². The summed E-state index contributed by atoms with van der Waals surface area (Å²) in [7, 11) is -3.54. The molecule has 0 aromatic heterocycles. The SMILES string of the molecule is C[C@@H](Sc1ccc(Cl)cc1)C(=O)Nc1ccc(S(=O)(=O)N2CCOCC2)cc1. The second-order valence-electron chi connectivity index (χ2n) is 6.24. The third-order valence-corrected chi connectivity index (χ3v) is 7.50. The van der Waals surface area contributed by atoms with Gasteiger partial charge < -0.3 is 10.1 Å². The summed E-state index contributed by atoms with van der Waals surface area (Å²) in [6, 6.07) is 13.5. The van der Waals surface area contributed by atoms with Crippen LogP contribution >= 0.6 is 23.4 Å². The number of sulfonamides is 1. The molecule has 6 nitrogen and oxygen atoms in total. The zero-order valence-corrected chi connectivity index (χ0v) is 17.7. The second-order valence-corrected chi connectivity index (χ2v) is 10.0. The maximum absolute atomic E-state index is 12.6. The number of carbonyl (C=O) groups is 1. The fourth-order valence-electron chi connectivity index (χ4n) is 2.66. The molecule has 2 aromatic rings. The van der Waals surface area contributed by atoms with Gasteiger partial charge in [-0.05, 0) is 55.5 Å². The Labute approximate surface area is 174 Å². The molecule has 0 aliphatic carbocycles. The van der Waals surface area contributed by atoms with Gasteiger partial charge in [-0.1, -0.05) is 11.6 Å². The van der Waals surface area contributed by atoms with Gasteiger partial charge in [-0.15, -0.1) is 11.8 Å². The van der Waals surface area contributed by atoms with E-state index in [9.17, 15) is 13.2 Å². The molecule has 0 bridgehead atoms. The second kappa shape index (κ2) is 9.28. The van der Waals surface area contributed by atoms with Crippen molar-refractivity contribution in [2.75, 3.05) is 31.6 Å². The summed E-state index contributed by atoms with van der Waals surface area (Å²) in [6.07, 6.45) is 0. The van der Waals surface area contributed by atoms with Gasteiger partial charge in [0.15, 0.2) is 0 Å². The number of morpholine rings is 1. The van der Waals surface area contributed by atoms with E-state index >= 15 is 0 Å². The van der Waals surface area contributed by atoms with Crippen LogP contribution in [0.3, 0.4) is 0 Å². The molecule has 1 amide bonds. The van der Waals surface area contributed by atoms with Gasteiger partial charge in [0.25, 0.3) is 0 Å². The molecule has 1 heterocycles. The summed E-state index contributed by atoms with van der Waals surface area (Å²) in [5.74, 6) is -0.163. The number of anilines is 1. The smallest absolute Gasteiger partial charge is 0.243 e. The molecule has 1 aliphatic rings. The van der Waals surface area contributed by atoms with E-state index in [0.717, 1.165) is 4.90 Å². The quantitative estimate of drug-likeness (QED) is 0.696. The summed E-state index contributed by atoms with van der Waals surface area (Å²) in [4.78, 5) is 13.6. The van der Waals surface area contributed by atoms with Crippen molar-refractivity contribution >= 4 is 45.0 Å². The summed E-state index contributed by atoms with van der Waals surface area (Å²) in [5, 5.41) is 3.14. The molecule has 1 fully saturated rings. The van der Waals surface area contributed by atoms with E-state index in [1.54, 1.807) is 24.3 Å². The van der Waals surface area contributed by atoms with E-state index < -0.39 is 10.0 Å². The van der Waals surface area contributed by atoms with Crippen molar-refractivity contribution in [3.05, 3.63) is 53.6 Å². The van der Waals surface area contributed by atoms with Crippen LogP contribution < -0.4 is 5.32 Å². The number of nitrogens with one attached hydrogen (secondary N) is 1. The highest BCUT2D eigenvalue weighted by molar-refractivity contribution is 8.00. The van der Waals surface area contributed by atoms with E-state index in [4.69, 9.17) is 16.3 Å². The maximum Gasteiger partial charge on any atom is 0.243 e. The van der Waals surface area contributed by atoms with E-state index in [1.807, 2.05) is 19.1 Å². The number of carbonyl (C=O) groups excluding carboxylic acids is 1. The highest BCUT2D eigenvalue weighted by atomic mass is 35.5. The van der Waals surface area contributed by atoms with Crippen molar-refractivity contribution in [3.8, 4) is 0 Å². The standard InChI is InChI=1S/C19H21ClN2O4S2/c1-14(27-17-6-2-15(20)3-7-17)19(23)21-16-4-8-18(9-5-16)28(24,25)22-10-12-26-13-11-22/h2-9,14H,10-13H2,1H3,(H,21,23)/t14-/m1/s1. The van der Waals surface area contributed by atoms with Crippen molar-refractivity contribution in [3.63, 3.8) is 0 Å². The van der Waals surface area contributed by atoms with Gasteiger partial charge in [0.2, 0.25) is 15.9 Å². The lowest BCUT2D eigenvalue weighted by molar-refractivity contribution is -0.115. The van der Waals surface area contributed by atoms with E-state index in [-0.39, 0.29) is 16.1 Å². The van der Waals surface area contributed by atoms with Crippen LogP contribution in [0.25, 0.3) is 0 Å². The van der Waals surface area contributed by atoms with Gasteiger partial charge in [-0.3, -0.25) is 4.79 Å². The lowest BCUT2D eigenvalue weighted by Gasteiger charge is -2.26. The molecule has 3 rings (SSSR count). The molecule has 1 aliphatic heterocycles. The number of hydrogen-bond acceptors (Lipinski definition) is 5. The van der Waals surface area contributed by atoms with Crippen molar-refractivity contribution in [1.29, 1.82) is 0 Å². The topological polar surface area (TPSA) is 75.7 Å². The molecular weight excluding hydrogens is 420 g/mol. The number of hydrogen-bond donors (Lipinski definition) is 1. The minimum Gasteiger partial charge on any atom is -0.379 e. The van der Waals surface area contributed by atoms with Gasteiger partial charge in [0.05, 0.1) is 23.4 Å². The van der Waals surface area contributed by atoms with Crippen molar-refractivity contribution in [1.82, 2.24) is 4.31 Å². The summed E-state index contributed by atoms with van der Waals surface area (Å²) in [5.41, 5.74) is 0.550. The van der Waals surface area contributed by atoms with E-state index in [1.165, 1.54) is 28.2 Å². The number of amides is 1. The molecule has 28 heavy (non-hydrogen) atoms. The van der Waals surface area contributed by atoms with Crippen molar-refractivity contribution in [2.45, 2.75) is 22.0 Å². The van der Waals surface area contributed by atoms with Crippen LogP contribution in [0.1, 0.15) is 6.92 Å². The highest BCUT2D eigenvalue weighted by Gasteiger charge is 2.26. The Morgan fingerprint density at radius 3 is 2.32 bits per heavy atom. The molecule has 1 N–H and O–H groups in total. The summed E-state index contributed by atoms with van der Waals surface area (Å²) < 4.78 is 31.9. The first-order valence-corrected chi connectivity index (χ1v) is 11.5. The fraction of sp³-hybridized carbons (Fsp3) is 0.316. The van der Waals surface area contributed by atoms with Crippen molar-refractivity contribution < 1.29 is 17.9 Å². The third kappa shape index (κ3) is 5.27. The third-order valence-electron chi connectivity index (χ3n) is 4.23. The molecule has 0 saturated carbocycles. The largest absolute Gasteiger partial charge is 0.379 e. The van der Waals surface area contributed by atoms with Crippen LogP contribution in [-0.4, -0.2) is 50.2 Å². The first-order chi connectivity index (χ1) is 13.4. The maximum atomic E-state index is 12.6. The summed E-state index contributed by atoms with van der Waals surface area (Å²) >= 11 is 7.29. The number of nitrogens with zero attached hydrogens (tertiary/aromatic N) is 1. The Morgan fingerprint density at radius 1 is 1.11 bits per heavy atom. The number of rotatable bonds is 6. The Balaban J connectivity index is 1.61. The molecule has 1 atom stereocenters. The molecule has 9 heteroatoms. The molecule has 0 unspecified atom stereocenters. The normalized spacial score (nSPS) is 16.5. The molecule has 0 spiro atoms. The fourth-order valence-corrected chi connectivity index (χ4v) is 5.06. The first-order valence-electron chi connectivity index (χ1n) is 8.77. The minimum atomic E-state index is -3.54. The zero-order valence-electron chi connectivity index (χ0n) is 15.3. The Morgan fingerprint density at radius 2 is 1.71 bits per heavy atom. The highest BCUT2D eigenvalue weighted by Crippen LogP contribution is 2.26. The van der Waals surface area contributed by atoms with E-state index in [0.29, 0.717) is 37.0 Å². The average Bonchev–Trinajstić information content (AvgIpc) is 2.70. The van der Waals surface area contributed by atoms with Crippen LogP contribution in [0.4, 0.5) is 5.69 Å². The van der Waals surface area contributed by atoms with Gasteiger partial charge in [0, 0.05) is 28.7 Å². The van der Waals surface area contributed by atoms with Crippen LogP contribution in [0.5, 0.6) is 0 Å². The predicted molar refractivity (Wildman–Crippen MR) is 111 cm³/mol. The van der Waals surface area contributed by atoms with E-state index in [2.05, 4.69) is 5.32 Å². The molecule has 150 valence electrons. The van der Waals surface area contributed by atoms with Gasteiger partial charge in [-0.25, -0.2) is 8.42 Å². The lowest BCUT2D eigenvalue weighted by atomic mass is 10.3. The zero-order chi connectivity index (χ0) is 20.1. The number of halogens is 1. The predicted octanol–water partition coefficient (Wildman–Crippen LogP) is 3.48. The molecule has 2 aromatic carbocycles. The van der Waals surface area contributed by atoms with Gasteiger partial charge in [0.1, 0.15) is 0 Å². The molecule has 0 radical (unpaired) electrons. The number of benzene rings is 2.